The molecule has 2 N–H and O–H groups in total. The van der Waals surface area contributed by atoms with Gasteiger partial charge in [-0.05, 0) is 25.5 Å². The van der Waals surface area contributed by atoms with Crippen LogP contribution in [0.15, 0.2) is 30.6 Å². The number of aromatic nitrogens is 3. The minimum Gasteiger partial charge on any atom is -0.379 e. The molecule has 0 saturated heterocycles. The summed E-state index contributed by atoms with van der Waals surface area (Å²) in [5.74, 6) is 1.69. The highest BCUT2D eigenvalue weighted by molar-refractivity contribution is 5.51. The van der Waals surface area contributed by atoms with Gasteiger partial charge in [-0.3, -0.25) is 0 Å². The molecule has 2 rings (SSSR count). The fraction of sp³-hybridized carbons (Fsp3) is 0.357. The summed E-state index contributed by atoms with van der Waals surface area (Å²) in [6.07, 6.45) is 4.66. The lowest BCUT2D eigenvalue weighted by Gasteiger charge is -2.08. The van der Waals surface area contributed by atoms with Gasteiger partial charge in [-0.1, -0.05) is 6.92 Å². The van der Waals surface area contributed by atoms with Crippen LogP contribution in [-0.4, -0.2) is 21.5 Å². The average molecular weight is 257 g/mol. The maximum Gasteiger partial charge on any atom is 0.127 e. The molecule has 2 aromatic rings. The van der Waals surface area contributed by atoms with E-state index >= 15 is 0 Å². The van der Waals surface area contributed by atoms with Gasteiger partial charge in [-0.25, -0.2) is 15.0 Å². The summed E-state index contributed by atoms with van der Waals surface area (Å²) in [6, 6.07) is 5.87. The molecule has 5 heteroatoms. The van der Waals surface area contributed by atoms with Crippen LogP contribution in [0.1, 0.15) is 24.9 Å². The number of hydrogen-bond acceptors (Lipinski definition) is 5. The van der Waals surface area contributed by atoms with E-state index < -0.39 is 0 Å². The van der Waals surface area contributed by atoms with Crippen LogP contribution in [0.5, 0.6) is 0 Å². The van der Waals surface area contributed by atoms with Crippen LogP contribution in [0.4, 0.5) is 11.5 Å². The summed E-state index contributed by atoms with van der Waals surface area (Å²) in [7, 11) is 0. The first-order valence-corrected chi connectivity index (χ1v) is 6.50. The minimum atomic E-state index is 0.681. The van der Waals surface area contributed by atoms with Crippen LogP contribution < -0.4 is 10.6 Å². The normalized spacial score (nSPS) is 10.2. The highest BCUT2D eigenvalue weighted by Crippen LogP contribution is 2.12. The Morgan fingerprint density at radius 2 is 1.95 bits per heavy atom. The Hall–Kier alpha value is -2.17. The van der Waals surface area contributed by atoms with E-state index in [1.54, 1.807) is 12.4 Å². The van der Waals surface area contributed by atoms with Crippen LogP contribution in [-0.2, 0) is 6.54 Å². The molecule has 0 aliphatic heterocycles. The zero-order chi connectivity index (χ0) is 13.5. The Morgan fingerprint density at radius 1 is 1.11 bits per heavy atom. The number of aryl methyl sites for hydroxylation is 1. The van der Waals surface area contributed by atoms with Crippen molar-refractivity contribution >= 4 is 11.5 Å². The van der Waals surface area contributed by atoms with Crippen molar-refractivity contribution in [3.05, 3.63) is 42.1 Å². The number of anilines is 2. The Balaban J connectivity index is 1.95. The van der Waals surface area contributed by atoms with Crippen LogP contribution in [0.3, 0.4) is 0 Å². The van der Waals surface area contributed by atoms with Crippen molar-refractivity contribution in [3.8, 4) is 0 Å². The van der Waals surface area contributed by atoms with E-state index in [4.69, 9.17) is 0 Å². The van der Waals surface area contributed by atoms with E-state index in [1.807, 2.05) is 25.1 Å². The molecule has 0 aliphatic rings. The fourth-order valence-corrected chi connectivity index (χ4v) is 1.69. The van der Waals surface area contributed by atoms with Crippen LogP contribution in [0.2, 0.25) is 0 Å². The molecule has 5 nitrogen and oxygen atoms in total. The van der Waals surface area contributed by atoms with E-state index in [0.717, 1.165) is 36.0 Å². The quantitative estimate of drug-likeness (QED) is 0.833. The molecule has 100 valence electrons. The third-order valence-electron chi connectivity index (χ3n) is 2.62. The SMILES string of the molecule is CCCNc1cc(NCc2ccnc(C)n2)ccn1. The first-order chi connectivity index (χ1) is 9.28. The molecular weight excluding hydrogens is 238 g/mol. The first-order valence-electron chi connectivity index (χ1n) is 6.50. The molecule has 0 fully saturated rings. The van der Waals surface area contributed by atoms with E-state index in [1.165, 1.54) is 0 Å². The number of pyridine rings is 1. The predicted octanol–water partition coefficient (Wildman–Crippen LogP) is 2.61. The summed E-state index contributed by atoms with van der Waals surface area (Å²) >= 11 is 0. The van der Waals surface area contributed by atoms with Crippen molar-refractivity contribution in [1.29, 1.82) is 0 Å². The van der Waals surface area contributed by atoms with Crippen LogP contribution in [0, 0.1) is 6.92 Å². The van der Waals surface area contributed by atoms with Crippen molar-refractivity contribution < 1.29 is 0 Å². The summed E-state index contributed by atoms with van der Waals surface area (Å²) in [4.78, 5) is 12.7. The van der Waals surface area contributed by atoms with Crippen LogP contribution in [0.25, 0.3) is 0 Å². The van der Waals surface area contributed by atoms with Crippen molar-refractivity contribution in [3.63, 3.8) is 0 Å². The van der Waals surface area contributed by atoms with E-state index in [-0.39, 0.29) is 0 Å². The lowest BCUT2D eigenvalue weighted by molar-refractivity contribution is 0.953. The minimum absolute atomic E-state index is 0.681. The molecule has 0 unspecified atom stereocenters. The Bertz CT molecular complexity index is 527. The zero-order valence-electron chi connectivity index (χ0n) is 11.3. The van der Waals surface area contributed by atoms with Gasteiger partial charge in [-0.15, -0.1) is 0 Å². The smallest absolute Gasteiger partial charge is 0.127 e. The van der Waals surface area contributed by atoms with Crippen molar-refractivity contribution in [2.45, 2.75) is 26.8 Å². The van der Waals surface area contributed by atoms with Crippen LogP contribution >= 0.6 is 0 Å². The molecule has 0 bridgehead atoms. The molecule has 0 spiro atoms. The Labute approximate surface area is 113 Å². The second kappa shape index (κ2) is 6.68. The van der Waals surface area contributed by atoms with Gasteiger partial charge >= 0.3 is 0 Å². The van der Waals surface area contributed by atoms with E-state index in [0.29, 0.717) is 6.54 Å². The summed E-state index contributed by atoms with van der Waals surface area (Å²) in [5.41, 5.74) is 2.01. The molecule has 19 heavy (non-hydrogen) atoms. The van der Waals surface area contributed by atoms with Gasteiger partial charge in [0, 0.05) is 30.7 Å². The Kier molecular flexibility index (Phi) is 4.66. The lowest BCUT2D eigenvalue weighted by atomic mass is 10.3. The van der Waals surface area contributed by atoms with Gasteiger partial charge in [0.2, 0.25) is 0 Å². The number of rotatable bonds is 6. The number of nitrogens with zero attached hydrogens (tertiary/aromatic N) is 3. The van der Waals surface area contributed by atoms with Crippen molar-refractivity contribution in [2.24, 2.45) is 0 Å². The highest BCUT2D eigenvalue weighted by Gasteiger charge is 1.98. The molecule has 2 aromatic heterocycles. The topological polar surface area (TPSA) is 62.7 Å². The molecule has 0 amide bonds. The van der Waals surface area contributed by atoms with Crippen molar-refractivity contribution in [1.82, 2.24) is 15.0 Å². The summed E-state index contributed by atoms with van der Waals surface area (Å²) in [5, 5.41) is 6.60. The number of hydrogen-bond donors (Lipinski definition) is 2. The van der Waals surface area contributed by atoms with E-state index in [9.17, 15) is 0 Å². The third kappa shape index (κ3) is 4.21. The second-order valence-electron chi connectivity index (χ2n) is 4.31. The molecule has 0 atom stereocenters. The predicted molar refractivity (Wildman–Crippen MR) is 77.1 cm³/mol. The average Bonchev–Trinajstić information content (AvgIpc) is 2.43. The lowest BCUT2D eigenvalue weighted by Crippen LogP contribution is -2.05. The Morgan fingerprint density at radius 3 is 2.74 bits per heavy atom. The fourth-order valence-electron chi connectivity index (χ4n) is 1.69. The van der Waals surface area contributed by atoms with Crippen molar-refractivity contribution in [2.75, 3.05) is 17.2 Å². The maximum absolute atomic E-state index is 4.36. The molecule has 2 heterocycles. The third-order valence-corrected chi connectivity index (χ3v) is 2.62. The molecule has 0 saturated carbocycles. The van der Waals surface area contributed by atoms with E-state index in [2.05, 4.69) is 32.5 Å². The maximum atomic E-state index is 4.36. The van der Waals surface area contributed by atoms with Gasteiger partial charge in [0.25, 0.3) is 0 Å². The summed E-state index contributed by atoms with van der Waals surface area (Å²) < 4.78 is 0. The first kappa shape index (κ1) is 13.3. The van der Waals surface area contributed by atoms with Gasteiger partial charge in [0.1, 0.15) is 11.6 Å². The largest absolute Gasteiger partial charge is 0.379 e. The zero-order valence-corrected chi connectivity index (χ0v) is 11.3. The molecule has 0 aromatic carbocycles. The van der Waals surface area contributed by atoms with Gasteiger partial charge in [-0.2, -0.15) is 0 Å². The monoisotopic (exact) mass is 257 g/mol. The standard InChI is InChI=1S/C14H19N5/c1-3-6-16-14-9-12(4-8-17-14)18-10-13-5-7-15-11(2)19-13/h4-5,7-9H,3,6,10H2,1-2H3,(H2,16,17,18). The molecule has 0 radical (unpaired) electrons. The van der Waals surface area contributed by atoms with Gasteiger partial charge in [0.15, 0.2) is 0 Å². The summed E-state index contributed by atoms with van der Waals surface area (Å²) in [6.45, 7) is 5.64. The van der Waals surface area contributed by atoms with Gasteiger partial charge < -0.3 is 10.6 Å². The molecule has 0 aliphatic carbocycles. The van der Waals surface area contributed by atoms with Gasteiger partial charge in [0.05, 0.1) is 12.2 Å². The highest BCUT2D eigenvalue weighted by atomic mass is 15.0. The molecular formula is C14H19N5. The second-order valence-corrected chi connectivity index (χ2v) is 4.31. The number of nitrogens with one attached hydrogen (secondary N) is 2.